The second kappa shape index (κ2) is 3.99. The Hall–Kier alpha value is -1.51. The van der Waals surface area contributed by atoms with Crippen molar-refractivity contribution in [1.29, 1.82) is 0 Å². The van der Waals surface area contributed by atoms with Crippen molar-refractivity contribution in [3.05, 3.63) is 58.0 Å². The summed E-state index contributed by atoms with van der Waals surface area (Å²) in [5.41, 5.74) is 1.74. The number of hydrogen-bond donors (Lipinski definition) is 0. The number of rotatable bonds is 0. The van der Waals surface area contributed by atoms with Gasteiger partial charge in [0.1, 0.15) is 11.2 Å². The van der Waals surface area contributed by atoms with Crippen LogP contribution < -0.4 is 0 Å². The molecule has 0 amide bonds. The summed E-state index contributed by atoms with van der Waals surface area (Å²) in [7, 11) is 0. The predicted octanol–water partition coefficient (Wildman–Crippen LogP) is 6.16. The van der Waals surface area contributed by atoms with E-state index in [4.69, 9.17) is 16.0 Å². The van der Waals surface area contributed by atoms with E-state index in [1.54, 1.807) is 0 Å². The van der Waals surface area contributed by atoms with E-state index in [0.717, 1.165) is 31.4 Å². The highest BCUT2D eigenvalue weighted by atomic mass is 79.9. The average Bonchev–Trinajstić information content (AvgIpc) is 2.76. The van der Waals surface area contributed by atoms with Crippen molar-refractivity contribution in [2.45, 2.75) is 0 Å². The molecule has 92 valence electrons. The van der Waals surface area contributed by atoms with E-state index in [1.807, 2.05) is 36.4 Å². The molecule has 0 bridgehead atoms. The minimum Gasteiger partial charge on any atom is -0.456 e. The Labute approximate surface area is 122 Å². The second-order valence-electron chi connectivity index (χ2n) is 4.52. The Morgan fingerprint density at radius 1 is 0.842 bits per heavy atom. The normalized spacial score (nSPS) is 11.7. The molecule has 0 spiro atoms. The van der Waals surface area contributed by atoms with Crippen molar-refractivity contribution in [3.63, 3.8) is 0 Å². The number of furan rings is 1. The lowest BCUT2D eigenvalue weighted by Gasteiger charge is -2.02. The Kier molecular flexibility index (Phi) is 2.38. The van der Waals surface area contributed by atoms with Crippen molar-refractivity contribution in [2.75, 3.05) is 0 Å². The molecule has 0 radical (unpaired) electrons. The smallest absolute Gasteiger partial charge is 0.137 e. The van der Waals surface area contributed by atoms with Crippen LogP contribution in [0.4, 0.5) is 0 Å². The third-order valence-electron chi connectivity index (χ3n) is 3.39. The van der Waals surface area contributed by atoms with Crippen LogP contribution in [0, 0.1) is 0 Å². The van der Waals surface area contributed by atoms with Gasteiger partial charge in [-0.3, -0.25) is 0 Å². The van der Waals surface area contributed by atoms with Gasteiger partial charge in [0.15, 0.2) is 0 Å². The lowest BCUT2D eigenvalue weighted by atomic mass is 10.0. The van der Waals surface area contributed by atoms with Crippen molar-refractivity contribution < 1.29 is 4.42 Å². The summed E-state index contributed by atoms with van der Waals surface area (Å²) in [5.74, 6) is 0. The fourth-order valence-electron chi connectivity index (χ4n) is 2.57. The van der Waals surface area contributed by atoms with Gasteiger partial charge in [-0.05, 0) is 35.0 Å². The van der Waals surface area contributed by atoms with Gasteiger partial charge in [-0.2, -0.15) is 0 Å². The summed E-state index contributed by atoms with van der Waals surface area (Å²) in [4.78, 5) is 0. The third kappa shape index (κ3) is 1.60. The molecule has 3 aromatic carbocycles. The topological polar surface area (TPSA) is 13.1 Å². The van der Waals surface area contributed by atoms with Crippen LogP contribution >= 0.6 is 27.5 Å². The van der Waals surface area contributed by atoms with Gasteiger partial charge >= 0.3 is 0 Å². The van der Waals surface area contributed by atoms with Crippen LogP contribution in [0.25, 0.3) is 32.7 Å². The fourth-order valence-corrected chi connectivity index (χ4v) is 3.30. The monoisotopic (exact) mass is 330 g/mol. The average molecular weight is 332 g/mol. The molecule has 1 nitrogen and oxygen atoms in total. The summed E-state index contributed by atoms with van der Waals surface area (Å²) in [6.07, 6.45) is 0. The number of halogens is 2. The van der Waals surface area contributed by atoms with Crippen LogP contribution in [0.15, 0.2) is 57.4 Å². The molecular formula is C16H8BrClO. The molecule has 0 aliphatic rings. The van der Waals surface area contributed by atoms with E-state index >= 15 is 0 Å². The Morgan fingerprint density at radius 3 is 2.47 bits per heavy atom. The molecule has 0 unspecified atom stereocenters. The fraction of sp³-hybridized carbons (Fsp3) is 0. The zero-order chi connectivity index (χ0) is 13.0. The SMILES string of the molecule is Clc1ccc2oc3cc(Br)c4ccccc4c3c2c1. The largest absolute Gasteiger partial charge is 0.456 e. The van der Waals surface area contributed by atoms with E-state index in [0.29, 0.717) is 0 Å². The molecule has 0 aliphatic heterocycles. The number of hydrogen-bond acceptors (Lipinski definition) is 1. The lowest BCUT2D eigenvalue weighted by Crippen LogP contribution is -1.76. The molecule has 3 heteroatoms. The standard InChI is InChI=1S/C16H8BrClO/c17-13-8-15-16(11-4-2-1-3-10(11)13)12-7-9(18)5-6-14(12)19-15/h1-8H. The predicted molar refractivity (Wildman–Crippen MR) is 83.9 cm³/mol. The van der Waals surface area contributed by atoms with E-state index in [2.05, 4.69) is 28.1 Å². The molecule has 0 atom stereocenters. The van der Waals surface area contributed by atoms with Crippen LogP contribution in [-0.2, 0) is 0 Å². The molecule has 4 rings (SSSR count). The van der Waals surface area contributed by atoms with Crippen LogP contribution in [0.1, 0.15) is 0 Å². The Balaban J connectivity index is 2.36. The zero-order valence-electron chi connectivity index (χ0n) is 9.78. The lowest BCUT2D eigenvalue weighted by molar-refractivity contribution is 0.669. The first kappa shape index (κ1) is 11.3. The molecule has 0 saturated heterocycles. The molecule has 0 saturated carbocycles. The zero-order valence-corrected chi connectivity index (χ0v) is 12.1. The van der Waals surface area contributed by atoms with E-state index in [1.165, 1.54) is 10.8 Å². The Morgan fingerprint density at radius 2 is 1.63 bits per heavy atom. The van der Waals surface area contributed by atoms with Crippen LogP contribution in [0.3, 0.4) is 0 Å². The van der Waals surface area contributed by atoms with Gasteiger partial charge in [0.2, 0.25) is 0 Å². The molecule has 19 heavy (non-hydrogen) atoms. The maximum absolute atomic E-state index is 6.11. The van der Waals surface area contributed by atoms with Gasteiger partial charge in [-0.15, -0.1) is 0 Å². The first-order valence-electron chi connectivity index (χ1n) is 5.93. The summed E-state index contributed by atoms with van der Waals surface area (Å²) >= 11 is 9.71. The quantitative estimate of drug-likeness (QED) is 0.376. The maximum Gasteiger partial charge on any atom is 0.137 e. The molecular weight excluding hydrogens is 324 g/mol. The molecule has 0 aliphatic carbocycles. The summed E-state index contributed by atoms with van der Waals surface area (Å²) < 4.78 is 6.95. The third-order valence-corrected chi connectivity index (χ3v) is 4.28. The van der Waals surface area contributed by atoms with Gasteiger partial charge in [0.05, 0.1) is 0 Å². The first-order chi connectivity index (χ1) is 9.24. The van der Waals surface area contributed by atoms with Crippen molar-refractivity contribution >= 4 is 60.2 Å². The van der Waals surface area contributed by atoms with E-state index in [9.17, 15) is 0 Å². The van der Waals surface area contributed by atoms with Crippen LogP contribution in [-0.4, -0.2) is 0 Å². The second-order valence-corrected chi connectivity index (χ2v) is 5.81. The molecule has 0 fully saturated rings. The minimum atomic E-state index is 0.724. The molecule has 1 aromatic heterocycles. The van der Waals surface area contributed by atoms with Gasteiger partial charge in [-0.1, -0.05) is 51.8 Å². The van der Waals surface area contributed by atoms with Gasteiger partial charge < -0.3 is 4.42 Å². The maximum atomic E-state index is 6.11. The summed E-state index contributed by atoms with van der Waals surface area (Å²) in [5, 5.41) is 5.26. The van der Waals surface area contributed by atoms with Gasteiger partial charge in [-0.25, -0.2) is 0 Å². The van der Waals surface area contributed by atoms with E-state index in [-0.39, 0.29) is 0 Å². The highest BCUT2D eigenvalue weighted by molar-refractivity contribution is 9.10. The molecule has 0 N–H and O–H groups in total. The number of fused-ring (bicyclic) bond motifs is 5. The first-order valence-corrected chi connectivity index (χ1v) is 7.10. The van der Waals surface area contributed by atoms with Crippen LogP contribution in [0.2, 0.25) is 5.02 Å². The molecule has 1 heterocycles. The van der Waals surface area contributed by atoms with Gasteiger partial charge in [0.25, 0.3) is 0 Å². The van der Waals surface area contributed by atoms with Crippen molar-refractivity contribution in [3.8, 4) is 0 Å². The Bertz CT molecular complexity index is 940. The van der Waals surface area contributed by atoms with Crippen molar-refractivity contribution in [2.24, 2.45) is 0 Å². The summed E-state index contributed by atoms with van der Waals surface area (Å²) in [6.45, 7) is 0. The summed E-state index contributed by atoms with van der Waals surface area (Å²) in [6, 6.07) is 16.0. The number of benzene rings is 3. The molecule has 4 aromatic rings. The van der Waals surface area contributed by atoms with Crippen molar-refractivity contribution in [1.82, 2.24) is 0 Å². The minimum absolute atomic E-state index is 0.724. The van der Waals surface area contributed by atoms with Crippen LogP contribution in [0.5, 0.6) is 0 Å². The van der Waals surface area contributed by atoms with E-state index < -0.39 is 0 Å². The highest BCUT2D eigenvalue weighted by Gasteiger charge is 2.12. The highest BCUT2D eigenvalue weighted by Crippen LogP contribution is 2.38. The van der Waals surface area contributed by atoms with Gasteiger partial charge in [0, 0.05) is 20.3 Å².